The number of hydrogen-bond donors (Lipinski definition) is 0. The molecule has 1 aromatic rings. The van der Waals surface area contributed by atoms with Crippen LogP contribution in [0, 0.1) is 10.5 Å². The van der Waals surface area contributed by atoms with Crippen molar-refractivity contribution >= 4 is 28.6 Å². The quantitative estimate of drug-likeness (QED) is 0.601. The van der Waals surface area contributed by atoms with Gasteiger partial charge in [0.2, 0.25) is 0 Å². The molecule has 0 unspecified atom stereocenters. The molecule has 0 bridgehead atoms. The van der Waals surface area contributed by atoms with E-state index in [-0.39, 0.29) is 3.57 Å². The number of rotatable bonds is 2. The summed E-state index contributed by atoms with van der Waals surface area (Å²) < 4.78 is 44.9. The zero-order chi connectivity index (χ0) is 13.2. The molecule has 0 N–H and O–H groups in total. The molecule has 0 atom stereocenters. The van der Waals surface area contributed by atoms with Crippen molar-refractivity contribution in [1.82, 2.24) is 4.98 Å². The van der Waals surface area contributed by atoms with E-state index in [1.54, 1.807) is 29.5 Å². The summed E-state index contributed by atoms with van der Waals surface area (Å²) in [4.78, 5) is 14.8. The highest BCUT2D eigenvalue weighted by Crippen LogP contribution is 2.32. The van der Waals surface area contributed by atoms with Gasteiger partial charge in [0, 0.05) is 6.20 Å². The lowest BCUT2D eigenvalue weighted by molar-refractivity contribution is -0.275. The number of pyridine rings is 1. The third-order valence-electron chi connectivity index (χ3n) is 1.74. The smallest absolute Gasteiger partial charge is 0.464 e. The Morgan fingerprint density at radius 3 is 2.53 bits per heavy atom. The maximum Gasteiger partial charge on any atom is 0.573 e. The molecule has 0 spiro atoms. The van der Waals surface area contributed by atoms with Crippen molar-refractivity contribution in [2.75, 3.05) is 7.11 Å². The van der Waals surface area contributed by atoms with Gasteiger partial charge in [-0.3, -0.25) is 0 Å². The Hall–Kier alpha value is -1.06. The molecule has 0 amide bonds. The van der Waals surface area contributed by atoms with E-state index >= 15 is 0 Å². The molecule has 0 aromatic carbocycles. The number of carbonyl (C=O) groups is 1. The number of ether oxygens (including phenoxy) is 2. The van der Waals surface area contributed by atoms with Crippen molar-refractivity contribution in [2.45, 2.75) is 13.3 Å². The number of halogens is 4. The first kappa shape index (κ1) is 14.0. The van der Waals surface area contributed by atoms with Crippen molar-refractivity contribution in [3.05, 3.63) is 21.0 Å². The van der Waals surface area contributed by atoms with E-state index in [2.05, 4.69) is 14.5 Å². The summed E-state index contributed by atoms with van der Waals surface area (Å²) in [5.74, 6) is -1.62. The van der Waals surface area contributed by atoms with Crippen LogP contribution in [-0.4, -0.2) is 24.4 Å². The third kappa shape index (κ3) is 3.45. The molecule has 1 heterocycles. The van der Waals surface area contributed by atoms with Crippen LogP contribution in [0.2, 0.25) is 0 Å². The molecule has 0 saturated heterocycles. The number of aromatic nitrogens is 1. The van der Waals surface area contributed by atoms with Gasteiger partial charge in [0.25, 0.3) is 0 Å². The normalized spacial score (nSPS) is 11.2. The van der Waals surface area contributed by atoms with Crippen LogP contribution in [0.5, 0.6) is 5.75 Å². The lowest BCUT2D eigenvalue weighted by Crippen LogP contribution is -2.21. The molecule has 0 fully saturated rings. The summed E-state index contributed by atoms with van der Waals surface area (Å²) >= 11 is 1.65. The fourth-order valence-corrected chi connectivity index (χ4v) is 1.52. The Morgan fingerprint density at radius 1 is 1.47 bits per heavy atom. The van der Waals surface area contributed by atoms with Gasteiger partial charge in [0.15, 0.2) is 11.4 Å². The highest BCUT2D eigenvalue weighted by molar-refractivity contribution is 14.1. The van der Waals surface area contributed by atoms with E-state index < -0.39 is 23.8 Å². The maximum absolute atomic E-state index is 12.2. The van der Waals surface area contributed by atoms with Crippen LogP contribution in [-0.2, 0) is 4.74 Å². The molecule has 0 aliphatic rings. The predicted molar refractivity (Wildman–Crippen MR) is 59.7 cm³/mol. The first-order valence-corrected chi connectivity index (χ1v) is 5.33. The molecular formula is C9H7F3INO3. The molecule has 0 radical (unpaired) electrons. The van der Waals surface area contributed by atoms with E-state index in [9.17, 15) is 18.0 Å². The number of aryl methyl sites for hydroxylation is 1. The fourth-order valence-electron chi connectivity index (χ4n) is 1.01. The van der Waals surface area contributed by atoms with Crippen LogP contribution < -0.4 is 4.74 Å². The molecule has 0 aliphatic heterocycles. The largest absolute Gasteiger partial charge is 0.573 e. The van der Waals surface area contributed by atoms with Crippen LogP contribution in [0.4, 0.5) is 13.2 Å². The number of esters is 1. The highest BCUT2D eigenvalue weighted by atomic mass is 127. The molecule has 0 saturated carbocycles. The van der Waals surface area contributed by atoms with Crippen LogP contribution in [0.15, 0.2) is 6.20 Å². The van der Waals surface area contributed by atoms with Crippen LogP contribution >= 0.6 is 22.6 Å². The van der Waals surface area contributed by atoms with Gasteiger partial charge in [0.1, 0.15) is 0 Å². The summed E-state index contributed by atoms with van der Waals surface area (Å²) in [5, 5.41) is 0. The summed E-state index contributed by atoms with van der Waals surface area (Å²) in [6.07, 6.45) is -3.62. The summed E-state index contributed by atoms with van der Waals surface area (Å²) in [5.41, 5.74) is -0.0303. The van der Waals surface area contributed by atoms with Gasteiger partial charge in [-0.15, -0.1) is 13.2 Å². The molecule has 4 nitrogen and oxygen atoms in total. The predicted octanol–water partition coefficient (Wildman–Crippen LogP) is 2.68. The molecular weight excluding hydrogens is 354 g/mol. The maximum atomic E-state index is 12.2. The van der Waals surface area contributed by atoms with Gasteiger partial charge < -0.3 is 9.47 Å². The number of carbonyl (C=O) groups excluding carboxylic acids is 1. The summed E-state index contributed by atoms with van der Waals surface area (Å²) in [7, 11) is 1.05. The van der Waals surface area contributed by atoms with E-state index in [4.69, 9.17) is 0 Å². The Bertz CT molecular complexity index is 448. The number of methoxy groups -OCH3 is 1. The van der Waals surface area contributed by atoms with Crippen molar-refractivity contribution < 1.29 is 27.4 Å². The molecule has 17 heavy (non-hydrogen) atoms. The van der Waals surface area contributed by atoms with Crippen molar-refractivity contribution in [1.29, 1.82) is 0 Å². The summed E-state index contributed by atoms with van der Waals surface area (Å²) in [6, 6.07) is 0. The molecule has 0 aliphatic carbocycles. The monoisotopic (exact) mass is 361 g/mol. The zero-order valence-electron chi connectivity index (χ0n) is 8.76. The first-order valence-electron chi connectivity index (χ1n) is 4.25. The molecule has 1 aromatic heterocycles. The molecule has 1 rings (SSSR count). The van der Waals surface area contributed by atoms with Gasteiger partial charge in [-0.2, -0.15) is 0 Å². The SMILES string of the molecule is COC(=O)c1ncc(C)c(I)c1OC(F)(F)F. The van der Waals surface area contributed by atoms with Crippen LogP contribution in [0.25, 0.3) is 0 Å². The average Bonchev–Trinajstić information content (AvgIpc) is 2.22. The minimum Gasteiger partial charge on any atom is -0.464 e. The van der Waals surface area contributed by atoms with Crippen LogP contribution in [0.3, 0.4) is 0 Å². The first-order chi connectivity index (χ1) is 7.76. The van der Waals surface area contributed by atoms with Gasteiger partial charge in [-0.05, 0) is 35.1 Å². The molecule has 94 valence electrons. The van der Waals surface area contributed by atoms with Gasteiger partial charge in [-0.1, -0.05) is 0 Å². The number of alkyl halides is 3. The standard InChI is InChI=1S/C9H7F3INO3/c1-4-3-14-6(8(15)16-2)7(5(4)13)17-9(10,11)12/h3H,1-2H3. The lowest BCUT2D eigenvalue weighted by Gasteiger charge is -2.14. The van der Waals surface area contributed by atoms with Gasteiger partial charge >= 0.3 is 12.3 Å². The van der Waals surface area contributed by atoms with Gasteiger partial charge in [-0.25, -0.2) is 9.78 Å². The van der Waals surface area contributed by atoms with E-state index in [1.165, 1.54) is 6.20 Å². The lowest BCUT2D eigenvalue weighted by atomic mass is 10.2. The Balaban J connectivity index is 3.31. The highest BCUT2D eigenvalue weighted by Gasteiger charge is 2.35. The Labute approximate surface area is 108 Å². The second-order valence-electron chi connectivity index (χ2n) is 2.97. The van der Waals surface area contributed by atoms with E-state index in [0.717, 1.165) is 7.11 Å². The second kappa shape index (κ2) is 5.07. The third-order valence-corrected chi connectivity index (χ3v) is 3.09. The van der Waals surface area contributed by atoms with Crippen molar-refractivity contribution in [3.8, 4) is 5.75 Å². The minimum absolute atomic E-state index is 0.162. The molecule has 8 heteroatoms. The Kier molecular flexibility index (Phi) is 4.17. The zero-order valence-corrected chi connectivity index (χ0v) is 10.9. The number of hydrogen-bond acceptors (Lipinski definition) is 4. The fraction of sp³-hybridized carbons (Fsp3) is 0.333. The van der Waals surface area contributed by atoms with Crippen LogP contribution in [0.1, 0.15) is 16.1 Å². The van der Waals surface area contributed by atoms with E-state index in [0.29, 0.717) is 5.56 Å². The summed E-state index contributed by atoms with van der Waals surface area (Å²) in [6.45, 7) is 1.55. The van der Waals surface area contributed by atoms with E-state index in [1.807, 2.05) is 0 Å². The van der Waals surface area contributed by atoms with Crippen molar-refractivity contribution in [3.63, 3.8) is 0 Å². The second-order valence-corrected chi connectivity index (χ2v) is 4.05. The van der Waals surface area contributed by atoms with Gasteiger partial charge in [0.05, 0.1) is 10.7 Å². The Morgan fingerprint density at radius 2 is 2.06 bits per heavy atom. The average molecular weight is 361 g/mol. The topological polar surface area (TPSA) is 48.4 Å². The van der Waals surface area contributed by atoms with Crippen molar-refractivity contribution in [2.24, 2.45) is 0 Å². The minimum atomic E-state index is -4.89. The number of nitrogens with zero attached hydrogens (tertiary/aromatic N) is 1.